The van der Waals surface area contributed by atoms with Crippen LogP contribution in [0.5, 0.6) is 0 Å². The predicted octanol–water partition coefficient (Wildman–Crippen LogP) is 1.79. The maximum atomic E-state index is 13.0. The first-order chi connectivity index (χ1) is 9.12. The Morgan fingerprint density at radius 3 is 2.25 bits per heavy atom. The third kappa shape index (κ3) is 2.86. The molecule has 1 aromatic heterocycles. The van der Waals surface area contributed by atoms with Crippen molar-refractivity contribution in [3.8, 4) is 0 Å². The van der Waals surface area contributed by atoms with Crippen LogP contribution in [0.15, 0.2) is 12.4 Å². The second-order valence-corrected chi connectivity index (χ2v) is 5.93. The van der Waals surface area contributed by atoms with Crippen LogP contribution in [0.3, 0.4) is 0 Å². The van der Waals surface area contributed by atoms with Crippen LogP contribution in [-0.4, -0.2) is 40.7 Å². The van der Waals surface area contributed by atoms with E-state index in [-0.39, 0.29) is 0 Å². The highest BCUT2D eigenvalue weighted by molar-refractivity contribution is 6.61. The average molecular weight is 290 g/mol. The van der Waals surface area contributed by atoms with Gasteiger partial charge in [-0.15, -0.1) is 0 Å². The van der Waals surface area contributed by atoms with E-state index in [0.29, 0.717) is 5.46 Å². The lowest BCUT2D eigenvalue weighted by atomic mass is 9.82. The van der Waals surface area contributed by atoms with E-state index in [0.717, 1.165) is 4.68 Å². The molecule has 2 rings (SSSR count). The van der Waals surface area contributed by atoms with Crippen molar-refractivity contribution in [1.29, 1.82) is 0 Å². The number of hydrogen-bond acceptors (Lipinski definition) is 3. The maximum absolute atomic E-state index is 13.0. The average Bonchev–Trinajstić information content (AvgIpc) is 2.82. The molecule has 4 nitrogen and oxygen atoms in total. The van der Waals surface area contributed by atoms with Crippen LogP contribution in [0.2, 0.25) is 0 Å². The van der Waals surface area contributed by atoms with Gasteiger partial charge in [0.25, 0.3) is 6.43 Å². The first-order valence-corrected chi connectivity index (χ1v) is 6.42. The summed E-state index contributed by atoms with van der Waals surface area (Å²) in [6, 6.07) is 0. The van der Waals surface area contributed by atoms with E-state index >= 15 is 0 Å². The topological polar surface area (TPSA) is 36.3 Å². The second kappa shape index (κ2) is 5.07. The molecule has 8 heteroatoms. The highest BCUT2D eigenvalue weighted by Crippen LogP contribution is 2.36. The van der Waals surface area contributed by atoms with Crippen LogP contribution in [0.1, 0.15) is 27.7 Å². The monoisotopic (exact) mass is 290 g/mol. The van der Waals surface area contributed by atoms with Crippen molar-refractivity contribution in [2.45, 2.75) is 58.0 Å². The third-order valence-electron chi connectivity index (χ3n) is 3.81. The third-order valence-corrected chi connectivity index (χ3v) is 3.81. The van der Waals surface area contributed by atoms with Crippen molar-refractivity contribution in [2.75, 3.05) is 0 Å². The van der Waals surface area contributed by atoms with E-state index in [2.05, 4.69) is 5.10 Å². The summed E-state index contributed by atoms with van der Waals surface area (Å²) in [7, 11) is -0.627. The second-order valence-electron chi connectivity index (χ2n) is 5.93. The molecule has 0 saturated carbocycles. The summed E-state index contributed by atoms with van der Waals surface area (Å²) in [6.07, 6.45) is -2.34. The molecule has 0 bridgehead atoms. The molecule has 1 unspecified atom stereocenters. The van der Waals surface area contributed by atoms with E-state index in [1.165, 1.54) is 12.4 Å². The van der Waals surface area contributed by atoms with Crippen LogP contribution >= 0.6 is 0 Å². The molecule has 1 atom stereocenters. The molecule has 0 spiro atoms. The lowest BCUT2D eigenvalue weighted by molar-refractivity contribution is 0.00578. The first-order valence-electron chi connectivity index (χ1n) is 6.42. The zero-order valence-corrected chi connectivity index (χ0v) is 11.9. The smallest absolute Gasteiger partial charge is 0.399 e. The van der Waals surface area contributed by atoms with Gasteiger partial charge in [0.1, 0.15) is 0 Å². The van der Waals surface area contributed by atoms with Gasteiger partial charge in [-0.3, -0.25) is 4.68 Å². The molecular weight excluding hydrogens is 272 g/mol. The summed E-state index contributed by atoms with van der Waals surface area (Å²) in [5, 5.41) is 3.86. The first kappa shape index (κ1) is 15.4. The summed E-state index contributed by atoms with van der Waals surface area (Å²) < 4.78 is 50.0. The van der Waals surface area contributed by atoms with Crippen LogP contribution in [0, 0.1) is 0 Å². The van der Waals surface area contributed by atoms with Crippen molar-refractivity contribution < 1.29 is 22.5 Å². The number of alkyl halides is 3. The number of halogens is 3. The summed E-state index contributed by atoms with van der Waals surface area (Å²) >= 11 is 0. The molecule has 0 aliphatic carbocycles. The summed E-state index contributed by atoms with van der Waals surface area (Å²) in [4.78, 5) is 0. The SMILES string of the molecule is CC1(C)OB(c2cnn(CC(F)C(F)F)c2)OC1(C)C. The lowest BCUT2D eigenvalue weighted by Gasteiger charge is -2.32. The largest absolute Gasteiger partial charge is 0.498 e. The van der Waals surface area contributed by atoms with Gasteiger partial charge in [-0.2, -0.15) is 5.10 Å². The van der Waals surface area contributed by atoms with Gasteiger partial charge in [0.2, 0.25) is 0 Å². The van der Waals surface area contributed by atoms with E-state index in [1.54, 1.807) is 0 Å². The highest BCUT2D eigenvalue weighted by Gasteiger charge is 2.52. The maximum Gasteiger partial charge on any atom is 0.498 e. The molecule has 20 heavy (non-hydrogen) atoms. The van der Waals surface area contributed by atoms with Crippen molar-refractivity contribution in [2.24, 2.45) is 0 Å². The Morgan fingerprint density at radius 2 is 1.75 bits per heavy atom. The lowest BCUT2D eigenvalue weighted by Crippen LogP contribution is -2.41. The fraction of sp³-hybridized carbons (Fsp3) is 0.750. The zero-order chi connectivity index (χ0) is 15.1. The Bertz CT molecular complexity index is 463. The van der Waals surface area contributed by atoms with Crippen LogP contribution < -0.4 is 5.46 Å². The van der Waals surface area contributed by atoms with Gasteiger partial charge in [0.15, 0.2) is 6.17 Å². The molecule has 0 amide bonds. The molecule has 112 valence electrons. The quantitative estimate of drug-likeness (QED) is 0.793. The molecule has 0 N–H and O–H groups in total. The minimum absolute atomic E-state index is 0.489. The Kier molecular flexibility index (Phi) is 3.90. The molecule has 1 aliphatic heterocycles. The zero-order valence-electron chi connectivity index (χ0n) is 11.9. The highest BCUT2D eigenvalue weighted by atomic mass is 19.3. The molecule has 1 saturated heterocycles. The minimum atomic E-state index is -3.01. The standard InChI is InChI=1S/C12H18BF3N2O2/c1-11(2)12(3,4)20-13(19-11)8-5-17-18(6-8)7-9(14)10(15)16/h5-6,9-10H,7H2,1-4H3. The van der Waals surface area contributed by atoms with E-state index in [9.17, 15) is 13.2 Å². The van der Waals surface area contributed by atoms with Gasteiger partial charge >= 0.3 is 7.12 Å². The molecule has 2 heterocycles. The molecule has 1 aromatic rings. The molecular formula is C12H18BF3N2O2. The summed E-state index contributed by atoms with van der Waals surface area (Å²) in [5.74, 6) is 0. The number of aromatic nitrogens is 2. The Balaban J connectivity index is 2.07. The van der Waals surface area contributed by atoms with Gasteiger partial charge in [-0.25, -0.2) is 13.2 Å². The summed E-state index contributed by atoms with van der Waals surface area (Å²) in [6.45, 7) is 7.15. The fourth-order valence-corrected chi connectivity index (χ4v) is 1.84. The van der Waals surface area contributed by atoms with Gasteiger partial charge in [0, 0.05) is 17.9 Å². The molecule has 0 aromatic carbocycles. The Labute approximate surface area is 116 Å². The van der Waals surface area contributed by atoms with E-state index in [1.807, 2.05) is 27.7 Å². The molecule has 0 radical (unpaired) electrons. The van der Waals surface area contributed by atoms with Crippen LogP contribution in [0.25, 0.3) is 0 Å². The van der Waals surface area contributed by atoms with Crippen molar-refractivity contribution in [1.82, 2.24) is 9.78 Å². The van der Waals surface area contributed by atoms with Gasteiger partial charge in [-0.05, 0) is 27.7 Å². The van der Waals surface area contributed by atoms with E-state index < -0.39 is 37.5 Å². The van der Waals surface area contributed by atoms with Gasteiger partial charge in [-0.1, -0.05) is 0 Å². The fourth-order valence-electron chi connectivity index (χ4n) is 1.84. The van der Waals surface area contributed by atoms with Crippen LogP contribution in [0.4, 0.5) is 13.2 Å². The Hall–Kier alpha value is -1.02. The van der Waals surface area contributed by atoms with E-state index in [4.69, 9.17) is 9.31 Å². The Morgan fingerprint density at radius 1 is 1.20 bits per heavy atom. The molecule has 1 fully saturated rings. The van der Waals surface area contributed by atoms with Crippen molar-refractivity contribution in [3.63, 3.8) is 0 Å². The van der Waals surface area contributed by atoms with Crippen molar-refractivity contribution >= 4 is 12.6 Å². The normalized spacial score (nSPS) is 22.5. The molecule has 1 aliphatic rings. The number of nitrogens with zero attached hydrogens (tertiary/aromatic N) is 2. The van der Waals surface area contributed by atoms with Crippen LogP contribution in [-0.2, 0) is 15.9 Å². The number of rotatable bonds is 4. The van der Waals surface area contributed by atoms with Gasteiger partial charge in [0.05, 0.1) is 17.7 Å². The van der Waals surface area contributed by atoms with Crippen molar-refractivity contribution in [3.05, 3.63) is 12.4 Å². The van der Waals surface area contributed by atoms with Gasteiger partial charge < -0.3 is 9.31 Å². The summed E-state index contributed by atoms with van der Waals surface area (Å²) in [5.41, 5.74) is -0.401. The minimum Gasteiger partial charge on any atom is -0.399 e. The number of hydrogen-bond donors (Lipinski definition) is 0. The predicted molar refractivity (Wildman–Crippen MR) is 68.8 cm³/mol.